The van der Waals surface area contributed by atoms with Crippen molar-refractivity contribution in [2.24, 2.45) is 7.05 Å². The van der Waals surface area contributed by atoms with Gasteiger partial charge < -0.3 is 14.5 Å². The number of furan rings is 1. The van der Waals surface area contributed by atoms with Crippen LogP contribution in [0.15, 0.2) is 41.0 Å². The number of ether oxygens (including phenoxy) is 1. The maximum atomic E-state index is 12.2. The first-order valence-electron chi connectivity index (χ1n) is 7.09. The van der Waals surface area contributed by atoms with E-state index >= 15 is 0 Å². The summed E-state index contributed by atoms with van der Waals surface area (Å²) < 4.78 is 12.4. The van der Waals surface area contributed by atoms with Crippen LogP contribution in [0, 0.1) is 0 Å². The fourth-order valence-corrected chi connectivity index (χ4v) is 2.31. The highest BCUT2D eigenvalue weighted by Crippen LogP contribution is 2.25. The molecule has 6 nitrogen and oxygen atoms in total. The number of rotatable bonds is 5. The van der Waals surface area contributed by atoms with Gasteiger partial charge in [-0.3, -0.25) is 4.79 Å². The van der Waals surface area contributed by atoms with E-state index in [1.54, 1.807) is 29.1 Å². The molecule has 0 saturated carbocycles. The third-order valence-electron chi connectivity index (χ3n) is 3.33. The molecular weight excluding hydrogens is 282 g/mol. The van der Waals surface area contributed by atoms with Crippen LogP contribution in [0.3, 0.4) is 0 Å². The Bertz CT molecular complexity index is 790. The molecule has 22 heavy (non-hydrogen) atoms. The normalized spacial score (nSPS) is 10.8. The number of nitrogens with zero attached hydrogens (tertiary/aromatic N) is 2. The summed E-state index contributed by atoms with van der Waals surface area (Å²) >= 11 is 0. The predicted octanol–water partition coefficient (Wildman–Crippen LogP) is 2.50. The van der Waals surface area contributed by atoms with E-state index in [4.69, 9.17) is 9.15 Å². The highest BCUT2D eigenvalue weighted by Gasteiger charge is 2.13. The molecule has 114 valence electrons. The van der Waals surface area contributed by atoms with Crippen LogP contribution >= 0.6 is 0 Å². The SMILES string of the molecule is CCOc1c2ccc(C(=O)NCc3ccco3)cc2nn1C. The molecule has 2 aromatic heterocycles. The van der Waals surface area contributed by atoms with Gasteiger partial charge in [-0.05, 0) is 37.3 Å². The monoisotopic (exact) mass is 299 g/mol. The fourth-order valence-electron chi connectivity index (χ4n) is 2.31. The van der Waals surface area contributed by atoms with Gasteiger partial charge >= 0.3 is 0 Å². The number of amides is 1. The van der Waals surface area contributed by atoms with Crippen LogP contribution in [0.2, 0.25) is 0 Å². The minimum atomic E-state index is -0.165. The molecule has 6 heteroatoms. The van der Waals surface area contributed by atoms with E-state index in [1.807, 2.05) is 26.1 Å². The molecule has 0 radical (unpaired) electrons. The van der Waals surface area contributed by atoms with Crippen LogP contribution in [0.5, 0.6) is 5.88 Å². The van der Waals surface area contributed by atoms with E-state index in [0.29, 0.717) is 30.4 Å². The van der Waals surface area contributed by atoms with Gasteiger partial charge in [-0.25, -0.2) is 4.68 Å². The number of fused-ring (bicyclic) bond motifs is 1. The summed E-state index contributed by atoms with van der Waals surface area (Å²) in [4.78, 5) is 12.2. The van der Waals surface area contributed by atoms with Gasteiger partial charge in [0.25, 0.3) is 5.91 Å². The summed E-state index contributed by atoms with van der Waals surface area (Å²) in [6, 6.07) is 8.99. The molecule has 1 aromatic carbocycles. The lowest BCUT2D eigenvalue weighted by Gasteiger charge is -2.04. The number of nitrogens with one attached hydrogen (secondary N) is 1. The summed E-state index contributed by atoms with van der Waals surface area (Å²) in [5.41, 5.74) is 1.29. The lowest BCUT2D eigenvalue weighted by atomic mass is 10.1. The summed E-state index contributed by atoms with van der Waals surface area (Å²) in [5.74, 6) is 1.26. The van der Waals surface area contributed by atoms with Gasteiger partial charge in [0.05, 0.1) is 30.3 Å². The molecule has 0 fully saturated rings. The first-order chi connectivity index (χ1) is 10.7. The first kappa shape index (κ1) is 14.2. The quantitative estimate of drug-likeness (QED) is 0.786. The van der Waals surface area contributed by atoms with Crippen molar-refractivity contribution >= 4 is 16.8 Å². The van der Waals surface area contributed by atoms with Crippen molar-refractivity contribution in [1.29, 1.82) is 0 Å². The van der Waals surface area contributed by atoms with Crippen LogP contribution in [-0.4, -0.2) is 22.3 Å². The average molecular weight is 299 g/mol. The van der Waals surface area contributed by atoms with Gasteiger partial charge in [-0.15, -0.1) is 0 Å². The van der Waals surface area contributed by atoms with Crippen molar-refractivity contribution in [3.05, 3.63) is 47.9 Å². The van der Waals surface area contributed by atoms with Crippen LogP contribution in [-0.2, 0) is 13.6 Å². The average Bonchev–Trinajstić information content (AvgIpc) is 3.13. The Hall–Kier alpha value is -2.76. The van der Waals surface area contributed by atoms with Crippen molar-refractivity contribution in [2.75, 3.05) is 6.61 Å². The minimum Gasteiger partial charge on any atom is -0.478 e. The molecule has 1 amide bonds. The van der Waals surface area contributed by atoms with E-state index in [9.17, 15) is 4.79 Å². The standard InChI is InChI=1S/C16H17N3O3/c1-3-21-16-13-7-6-11(9-14(13)18-19(16)2)15(20)17-10-12-5-4-8-22-12/h4-9H,3,10H2,1-2H3,(H,17,20). The fraction of sp³-hybridized carbons (Fsp3) is 0.250. The third-order valence-corrected chi connectivity index (χ3v) is 3.33. The number of hydrogen-bond donors (Lipinski definition) is 1. The molecule has 0 aliphatic heterocycles. The van der Waals surface area contributed by atoms with Gasteiger partial charge in [0.1, 0.15) is 5.76 Å². The number of carbonyl (C=O) groups is 1. The summed E-state index contributed by atoms with van der Waals surface area (Å²) in [6.07, 6.45) is 1.58. The molecule has 3 aromatic rings. The van der Waals surface area contributed by atoms with Crippen molar-refractivity contribution in [1.82, 2.24) is 15.1 Å². The minimum absolute atomic E-state index is 0.165. The van der Waals surface area contributed by atoms with Crippen molar-refractivity contribution in [3.8, 4) is 5.88 Å². The molecule has 0 unspecified atom stereocenters. The van der Waals surface area contributed by atoms with Gasteiger partial charge in [0.2, 0.25) is 5.88 Å². The van der Waals surface area contributed by atoms with Gasteiger partial charge in [-0.2, -0.15) is 5.10 Å². The largest absolute Gasteiger partial charge is 0.478 e. The van der Waals surface area contributed by atoms with Crippen molar-refractivity contribution in [3.63, 3.8) is 0 Å². The zero-order chi connectivity index (χ0) is 15.5. The maximum absolute atomic E-state index is 12.2. The lowest BCUT2D eigenvalue weighted by Crippen LogP contribution is -2.22. The lowest BCUT2D eigenvalue weighted by molar-refractivity contribution is 0.0948. The Morgan fingerprint density at radius 3 is 3.00 bits per heavy atom. The zero-order valence-corrected chi connectivity index (χ0v) is 12.5. The molecule has 1 N–H and O–H groups in total. The summed E-state index contributed by atoms with van der Waals surface area (Å²) in [7, 11) is 1.82. The molecule has 3 rings (SSSR count). The second-order valence-corrected chi connectivity index (χ2v) is 4.86. The highest BCUT2D eigenvalue weighted by atomic mass is 16.5. The Morgan fingerprint density at radius 1 is 1.41 bits per heavy atom. The Balaban J connectivity index is 1.81. The molecule has 0 spiro atoms. The number of hydrogen-bond acceptors (Lipinski definition) is 4. The van der Waals surface area contributed by atoms with E-state index in [2.05, 4.69) is 10.4 Å². The second kappa shape index (κ2) is 5.93. The van der Waals surface area contributed by atoms with Crippen molar-refractivity contribution < 1.29 is 13.9 Å². The number of aryl methyl sites for hydroxylation is 1. The van der Waals surface area contributed by atoms with Crippen LogP contribution in [0.4, 0.5) is 0 Å². The van der Waals surface area contributed by atoms with Crippen LogP contribution in [0.1, 0.15) is 23.0 Å². The maximum Gasteiger partial charge on any atom is 0.251 e. The first-order valence-corrected chi connectivity index (χ1v) is 7.09. The molecule has 0 saturated heterocycles. The third kappa shape index (κ3) is 2.67. The Morgan fingerprint density at radius 2 is 2.27 bits per heavy atom. The van der Waals surface area contributed by atoms with E-state index in [1.165, 1.54) is 0 Å². The second-order valence-electron chi connectivity index (χ2n) is 4.86. The summed E-state index contributed by atoms with van der Waals surface area (Å²) in [6.45, 7) is 2.85. The molecule has 0 atom stereocenters. The van der Waals surface area contributed by atoms with Gasteiger partial charge in [-0.1, -0.05) is 0 Å². The highest BCUT2D eigenvalue weighted by molar-refractivity contribution is 5.98. The molecule has 0 aliphatic rings. The predicted molar refractivity (Wildman–Crippen MR) is 81.8 cm³/mol. The molecule has 2 heterocycles. The van der Waals surface area contributed by atoms with Crippen LogP contribution < -0.4 is 10.1 Å². The molecule has 0 aliphatic carbocycles. The smallest absolute Gasteiger partial charge is 0.251 e. The van der Waals surface area contributed by atoms with Crippen LogP contribution in [0.25, 0.3) is 10.9 Å². The van der Waals surface area contributed by atoms with Crippen molar-refractivity contribution in [2.45, 2.75) is 13.5 Å². The Kier molecular flexibility index (Phi) is 3.82. The topological polar surface area (TPSA) is 69.3 Å². The molecular formula is C16H17N3O3. The molecule has 0 bridgehead atoms. The van der Waals surface area contributed by atoms with E-state index < -0.39 is 0 Å². The van der Waals surface area contributed by atoms with Gasteiger partial charge in [0.15, 0.2) is 0 Å². The van der Waals surface area contributed by atoms with E-state index in [0.717, 1.165) is 10.9 Å². The van der Waals surface area contributed by atoms with E-state index in [-0.39, 0.29) is 5.91 Å². The zero-order valence-electron chi connectivity index (χ0n) is 12.5. The number of aromatic nitrogens is 2. The summed E-state index contributed by atoms with van der Waals surface area (Å²) in [5, 5.41) is 8.09. The number of carbonyl (C=O) groups excluding carboxylic acids is 1. The number of benzene rings is 1. The van der Waals surface area contributed by atoms with Gasteiger partial charge in [0, 0.05) is 12.6 Å². The Labute approximate surface area is 127 Å².